The number of sulfonamides is 1. The molecule has 6 nitrogen and oxygen atoms in total. The normalized spacial score (nSPS) is 17.5. The number of aryl methyl sites for hydroxylation is 2. The van der Waals surface area contributed by atoms with E-state index in [1.807, 2.05) is 49.0 Å². The summed E-state index contributed by atoms with van der Waals surface area (Å²) < 4.78 is 35.5. The van der Waals surface area contributed by atoms with Crippen LogP contribution in [0.15, 0.2) is 47.5 Å². The van der Waals surface area contributed by atoms with Gasteiger partial charge in [0.1, 0.15) is 0 Å². The third-order valence-electron chi connectivity index (χ3n) is 4.61. The molecule has 0 aliphatic carbocycles. The van der Waals surface area contributed by atoms with Crippen LogP contribution in [0.2, 0.25) is 0 Å². The molecule has 1 aliphatic rings. The summed E-state index contributed by atoms with van der Waals surface area (Å²) in [5.41, 5.74) is 2.13. The van der Waals surface area contributed by atoms with Crippen molar-refractivity contribution in [1.82, 2.24) is 14.2 Å². The maximum absolute atomic E-state index is 12.6. The van der Waals surface area contributed by atoms with Gasteiger partial charge in [-0.2, -0.15) is 0 Å². The smallest absolute Gasteiger partial charge is 0.240 e. The van der Waals surface area contributed by atoms with E-state index in [1.54, 1.807) is 12.1 Å². The SMILES string of the molecule is Cc1ccc(S(=O)(=O)NCC(c2cccn2C)N2CCOCC2)cc1. The van der Waals surface area contributed by atoms with Crippen LogP contribution in [0.1, 0.15) is 17.3 Å². The standard InChI is InChI=1S/C18H25N3O3S/c1-15-5-7-16(8-6-15)25(22,23)19-14-18(17-4-3-9-20(17)2)21-10-12-24-13-11-21/h3-9,18-19H,10-14H2,1-2H3. The zero-order chi connectivity index (χ0) is 17.9. The van der Waals surface area contributed by atoms with Crippen molar-refractivity contribution in [2.24, 2.45) is 7.05 Å². The molecule has 0 bridgehead atoms. The first-order valence-corrected chi connectivity index (χ1v) is 9.95. The lowest BCUT2D eigenvalue weighted by Gasteiger charge is -2.34. The molecule has 7 heteroatoms. The molecule has 1 aromatic heterocycles. The molecule has 25 heavy (non-hydrogen) atoms. The lowest BCUT2D eigenvalue weighted by atomic mass is 10.1. The highest BCUT2D eigenvalue weighted by Gasteiger charge is 2.26. The molecule has 1 atom stereocenters. The number of hydrogen-bond acceptors (Lipinski definition) is 4. The molecule has 1 fully saturated rings. The number of nitrogens with one attached hydrogen (secondary N) is 1. The summed E-state index contributed by atoms with van der Waals surface area (Å²) in [6.07, 6.45) is 1.98. The van der Waals surface area contributed by atoms with E-state index in [9.17, 15) is 8.42 Å². The van der Waals surface area contributed by atoms with Gasteiger partial charge in [0.15, 0.2) is 0 Å². The maximum Gasteiger partial charge on any atom is 0.240 e. The molecule has 0 spiro atoms. The van der Waals surface area contributed by atoms with Gasteiger partial charge in [0.2, 0.25) is 10.0 Å². The number of aromatic nitrogens is 1. The zero-order valence-corrected chi connectivity index (χ0v) is 15.5. The fourth-order valence-electron chi connectivity index (χ4n) is 3.12. The first kappa shape index (κ1) is 18.1. The summed E-state index contributed by atoms with van der Waals surface area (Å²) in [6.45, 7) is 5.20. The number of nitrogens with zero attached hydrogens (tertiary/aromatic N) is 2. The van der Waals surface area contributed by atoms with Crippen LogP contribution in [0, 0.1) is 6.92 Å². The molecule has 136 valence electrons. The number of morpholine rings is 1. The van der Waals surface area contributed by atoms with Crippen molar-refractivity contribution in [3.8, 4) is 0 Å². The largest absolute Gasteiger partial charge is 0.379 e. The third-order valence-corrected chi connectivity index (χ3v) is 6.05. The summed E-state index contributed by atoms with van der Waals surface area (Å²) in [6, 6.07) is 10.9. The number of hydrogen-bond donors (Lipinski definition) is 1. The van der Waals surface area contributed by atoms with E-state index >= 15 is 0 Å². The first-order chi connectivity index (χ1) is 12.0. The average molecular weight is 363 g/mol. The number of benzene rings is 1. The highest BCUT2D eigenvalue weighted by atomic mass is 32.2. The molecule has 1 saturated heterocycles. The van der Waals surface area contributed by atoms with Gasteiger partial charge in [-0.1, -0.05) is 17.7 Å². The molecule has 0 saturated carbocycles. The monoisotopic (exact) mass is 363 g/mol. The lowest BCUT2D eigenvalue weighted by Crippen LogP contribution is -2.44. The highest BCUT2D eigenvalue weighted by molar-refractivity contribution is 7.89. The van der Waals surface area contributed by atoms with E-state index in [4.69, 9.17) is 4.74 Å². The van der Waals surface area contributed by atoms with Crippen molar-refractivity contribution in [2.75, 3.05) is 32.8 Å². The predicted octanol–water partition coefficient (Wildman–Crippen LogP) is 1.69. The minimum Gasteiger partial charge on any atom is -0.379 e. The van der Waals surface area contributed by atoms with E-state index in [0.29, 0.717) is 24.7 Å². The lowest BCUT2D eigenvalue weighted by molar-refractivity contribution is 0.0158. The van der Waals surface area contributed by atoms with Gasteiger partial charge in [0.25, 0.3) is 0 Å². The molecule has 1 aromatic carbocycles. The molecule has 2 heterocycles. The Bertz CT molecular complexity index is 793. The Hall–Kier alpha value is -1.67. The summed E-state index contributed by atoms with van der Waals surface area (Å²) in [5, 5.41) is 0. The van der Waals surface area contributed by atoms with Crippen molar-refractivity contribution < 1.29 is 13.2 Å². The molecular formula is C18H25N3O3S. The van der Waals surface area contributed by atoms with Crippen molar-refractivity contribution in [2.45, 2.75) is 17.9 Å². The van der Waals surface area contributed by atoms with Gasteiger partial charge < -0.3 is 9.30 Å². The minimum absolute atomic E-state index is 0.0240. The van der Waals surface area contributed by atoms with Gasteiger partial charge in [0, 0.05) is 38.6 Å². The van der Waals surface area contributed by atoms with Crippen molar-refractivity contribution in [3.05, 3.63) is 53.9 Å². The molecule has 0 radical (unpaired) electrons. The molecular weight excluding hydrogens is 338 g/mol. The minimum atomic E-state index is -3.53. The molecule has 1 unspecified atom stereocenters. The van der Waals surface area contributed by atoms with Crippen molar-refractivity contribution >= 4 is 10.0 Å². The summed E-state index contributed by atoms with van der Waals surface area (Å²) in [4.78, 5) is 2.57. The van der Waals surface area contributed by atoms with Crippen LogP contribution in [-0.2, 0) is 21.8 Å². The highest BCUT2D eigenvalue weighted by Crippen LogP contribution is 2.22. The maximum atomic E-state index is 12.6. The molecule has 0 amide bonds. The molecule has 1 N–H and O–H groups in total. The van der Waals surface area contributed by atoms with E-state index < -0.39 is 10.0 Å². The predicted molar refractivity (Wildman–Crippen MR) is 96.9 cm³/mol. The summed E-state index contributed by atoms with van der Waals surface area (Å²) in [5.74, 6) is 0. The van der Waals surface area contributed by atoms with Gasteiger partial charge in [0.05, 0.1) is 24.2 Å². The molecule has 3 rings (SSSR count). The van der Waals surface area contributed by atoms with Crippen LogP contribution in [0.3, 0.4) is 0 Å². The second kappa shape index (κ2) is 7.70. The Labute approximate surface area is 149 Å². The molecule has 1 aliphatic heterocycles. The van der Waals surface area contributed by atoms with Crippen LogP contribution in [0.5, 0.6) is 0 Å². The molecule has 2 aromatic rings. The Balaban J connectivity index is 1.78. The summed E-state index contributed by atoms with van der Waals surface area (Å²) in [7, 11) is -1.55. The van der Waals surface area contributed by atoms with Gasteiger partial charge in [-0.05, 0) is 31.2 Å². The van der Waals surface area contributed by atoms with E-state index in [2.05, 4.69) is 9.62 Å². The Morgan fingerprint density at radius 1 is 1.16 bits per heavy atom. The van der Waals surface area contributed by atoms with E-state index in [-0.39, 0.29) is 6.04 Å². The quantitative estimate of drug-likeness (QED) is 0.848. The Morgan fingerprint density at radius 3 is 2.44 bits per heavy atom. The second-order valence-corrected chi connectivity index (χ2v) is 8.14. The van der Waals surface area contributed by atoms with Gasteiger partial charge in [-0.15, -0.1) is 0 Å². The Kier molecular flexibility index (Phi) is 5.58. The van der Waals surface area contributed by atoms with Gasteiger partial charge in [-0.25, -0.2) is 13.1 Å². The fourth-order valence-corrected chi connectivity index (χ4v) is 4.16. The zero-order valence-electron chi connectivity index (χ0n) is 14.7. The van der Waals surface area contributed by atoms with Crippen LogP contribution in [0.4, 0.5) is 0 Å². The van der Waals surface area contributed by atoms with Crippen LogP contribution >= 0.6 is 0 Å². The van der Waals surface area contributed by atoms with Crippen molar-refractivity contribution in [1.29, 1.82) is 0 Å². The number of rotatable bonds is 6. The van der Waals surface area contributed by atoms with E-state index in [1.165, 1.54) is 0 Å². The van der Waals surface area contributed by atoms with Crippen LogP contribution < -0.4 is 4.72 Å². The fraction of sp³-hybridized carbons (Fsp3) is 0.444. The van der Waals surface area contributed by atoms with Crippen LogP contribution in [0.25, 0.3) is 0 Å². The Morgan fingerprint density at radius 2 is 1.84 bits per heavy atom. The average Bonchev–Trinajstić information content (AvgIpc) is 3.02. The topological polar surface area (TPSA) is 63.6 Å². The third kappa shape index (κ3) is 4.30. The first-order valence-electron chi connectivity index (χ1n) is 8.47. The van der Waals surface area contributed by atoms with Crippen LogP contribution in [-0.4, -0.2) is 50.7 Å². The van der Waals surface area contributed by atoms with Gasteiger partial charge >= 0.3 is 0 Å². The van der Waals surface area contributed by atoms with Gasteiger partial charge in [-0.3, -0.25) is 4.90 Å². The van der Waals surface area contributed by atoms with Crippen molar-refractivity contribution in [3.63, 3.8) is 0 Å². The van der Waals surface area contributed by atoms with E-state index in [0.717, 1.165) is 24.3 Å². The second-order valence-electron chi connectivity index (χ2n) is 6.37. The number of ether oxygens (including phenoxy) is 1. The summed E-state index contributed by atoms with van der Waals surface area (Å²) >= 11 is 0.